The van der Waals surface area contributed by atoms with Crippen LogP contribution in [0.5, 0.6) is 0 Å². The van der Waals surface area contributed by atoms with E-state index in [0.29, 0.717) is 0 Å². The molecule has 2 aromatic heterocycles. The minimum Gasteiger partial charge on any atom is -0.324 e. The molecule has 0 amide bonds. The fourth-order valence-corrected chi connectivity index (χ4v) is 1.71. The second kappa shape index (κ2) is 4.17. The van der Waals surface area contributed by atoms with Gasteiger partial charge in [0.2, 0.25) is 0 Å². The largest absolute Gasteiger partial charge is 0.324 e. The molecule has 0 aliphatic carbocycles. The first-order chi connectivity index (χ1) is 8.43. The van der Waals surface area contributed by atoms with E-state index in [0.717, 1.165) is 22.4 Å². The van der Waals surface area contributed by atoms with Gasteiger partial charge in [-0.15, -0.1) is 0 Å². The molecule has 0 fully saturated rings. The minimum absolute atomic E-state index is 0.740. The van der Waals surface area contributed by atoms with Crippen LogP contribution < -0.4 is 5.32 Å². The van der Waals surface area contributed by atoms with E-state index in [1.54, 1.807) is 12.4 Å². The van der Waals surface area contributed by atoms with Gasteiger partial charge in [0.25, 0.3) is 0 Å². The van der Waals surface area contributed by atoms with Crippen LogP contribution in [0.15, 0.2) is 55.1 Å². The van der Waals surface area contributed by atoms with Crippen molar-refractivity contribution >= 4 is 22.4 Å². The first-order valence-electron chi connectivity index (χ1n) is 5.30. The normalized spacial score (nSPS) is 10.4. The highest BCUT2D eigenvalue weighted by Gasteiger charge is 2.01. The zero-order valence-corrected chi connectivity index (χ0v) is 9.04. The van der Waals surface area contributed by atoms with E-state index in [2.05, 4.69) is 26.3 Å². The van der Waals surface area contributed by atoms with Crippen LogP contribution in [0.2, 0.25) is 0 Å². The van der Waals surface area contributed by atoms with Gasteiger partial charge in [-0.25, -0.2) is 15.0 Å². The summed E-state index contributed by atoms with van der Waals surface area (Å²) in [5.74, 6) is 1.55. The van der Waals surface area contributed by atoms with Crippen molar-refractivity contribution in [2.24, 2.45) is 0 Å². The van der Waals surface area contributed by atoms with Gasteiger partial charge in [-0.05, 0) is 17.5 Å². The van der Waals surface area contributed by atoms with E-state index in [-0.39, 0.29) is 0 Å². The minimum atomic E-state index is 0.740. The Balaban J connectivity index is 2.06. The molecule has 17 heavy (non-hydrogen) atoms. The Labute approximate surface area is 98.4 Å². The Morgan fingerprint density at radius 3 is 2.71 bits per heavy atom. The molecule has 3 rings (SSSR count). The number of pyridine rings is 1. The van der Waals surface area contributed by atoms with Crippen molar-refractivity contribution in [1.82, 2.24) is 15.0 Å². The lowest BCUT2D eigenvalue weighted by Crippen LogP contribution is -1.96. The van der Waals surface area contributed by atoms with Crippen LogP contribution in [-0.4, -0.2) is 15.0 Å². The van der Waals surface area contributed by atoms with E-state index in [1.165, 1.54) is 6.33 Å². The molecule has 3 aromatic rings. The number of rotatable bonds is 2. The lowest BCUT2D eigenvalue weighted by Gasteiger charge is -2.07. The van der Waals surface area contributed by atoms with E-state index >= 15 is 0 Å². The molecule has 0 saturated carbocycles. The molecular weight excluding hydrogens is 212 g/mol. The van der Waals surface area contributed by atoms with Crippen molar-refractivity contribution in [2.75, 3.05) is 5.32 Å². The SMILES string of the molecule is c1ccc2c(Nc3ccncn3)nccc2c1. The number of fused-ring (bicyclic) bond motifs is 1. The van der Waals surface area contributed by atoms with Crippen molar-refractivity contribution in [3.8, 4) is 0 Å². The summed E-state index contributed by atoms with van der Waals surface area (Å²) in [4.78, 5) is 12.3. The lowest BCUT2D eigenvalue weighted by molar-refractivity contribution is 1.16. The molecule has 0 radical (unpaired) electrons. The average Bonchev–Trinajstić information content (AvgIpc) is 2.40. The summed E-state index contributed by atoms with van der Waals surface area (Å²) in [5, 5.41) is 5.41. The number of aromatic nitrogens is 3. The summed E-state index contributed by atoms with van der Waals surface area (Å²) in [7, 11) is 0. The predicted octanol–water partition coefficient (Wildman–Crippen LogP) is 2.77. The van der Waals surface area contributed by atoms with Crippen molar-refractivity contribution < 1.29 is 0 Å². The van der Waals surface area contributed by atoms with Gasteiger partial charge in [-0.3, -0.25) is 0 Å². The van der Waals surface area contributed by atoms with E-state index in [9.17, 15) is 0 Å². The summed E-state index contributed by atoms with van der Waals surface area (Å²) in [6, 6.07) is 11.9. The fourth-order valence-electron chi connectivity index (χ4n) is 1.71. The van der Waals surface area contributed by atoms with Gasteiger partial charge in [0.15, 0.2) is 0 Å². The van der Waals surface area contributed by atoms with Crippen molar-refractivity contribution in [3.05, 3.63) is 55.1 Å². The Hall–Kier alpha value is -2.49. The number of benzene rings is 1. The molecule has 0 atom stereocenters. The topological polar surface area (TPSA) is 50.7 Å². The maximum atomic E-state index is 4.33. The highest BCUT2D eigenvalue weighted by atomic mass is 15.1. The third-order valence-corrected chi connectivity index (χ3v) is 2.50. The average molecular weight is 222 g/mol. The van der Waals surface area contributed by atoms with Crippen molar-refractivity contribution in [1.29, 1.82) is 0 Å². The molecular formula is C13H10N4. The van der Waals surface area contributed by atoms with E-state index < -0.39 is 0 Å². The third kappa shape index (κ3) is 1.92. The first kappa shape index (κ1) is 9.72. The molecule has 1 aromatic carbocycles. The first-order valence-corrected chi connectivity index (χ1v) is 5.30. The van der Waals surface area contributed by atoms with E-state index in [1.807, 2.05) is 30.3 Å². The highest BCUT2D eigenvalue weighted by molar-refractivity contribution is 5.92. The fraction of sp³-hybridized carbons (Fsp3) is 0. The number of hydrogen-bond acceptors (Lipinski definition) is 4. The number of hydrogen-bond donors (Lipinski definition) is 1. The van der Waals surface area contributed by atoms with Crippen LogP contribution in [0.1, 0.15) is 0 Å². The van der Waals surface area contributed by atoms with Crippen molar-refractivity contribution in [2.45, 2.75) is 0 Å². The third-order valence-electron chi connectivity index (χ3n) is 2.50. The van der Waals surface area contributed by atoms with Gasteiger partial charge in [-0.1, -0.05) is 24.3 Å². The molecule has 0 bridgehead atoms. The summed E-state index contributed by atoms with van der Waals surface area (Å²) < 4.78 is 0. The molecule has 0 aliphatic rings. The summed E-state index contributed by atoms with van der Waals surface area (Å²) in [6.45, 7) is 0. The van der Waals surface area contributed by atoms with Gasteiger partial charge >= 0.3 is 0 Å². The highest BCUT2D eigenvalue weighted by Crippen LogP contribution is 2.22. The quantitative estimate of drug-likeness (QED) is 0.724. The number of nitrogens with one attached hydrogen (secondary N) is 1. The summed E-state index contributed by atoms with van der Waals surface area (Å²) >= 11 is 0. The lowest BCUT2D eigenvalue weighted by atomic mass is 10.1. The van der Waals surface area contributed by atoms with E-state index in [4.69, 9.17) is 0 Å². The van der Waals surface area contributed by atoms with Crippen LogP contribution in [-0.2, 0) is 0 Å². The molecule has 4 nitrogen and oxygen atoms in total. The van der Waals surface area contributed by atoms with Crippen LogP contribution in [0.4, 0.5) is 11.6 Å². The van der Waals surface area contributed by atoms with Crippen molar-refractivity contribution in [3.63, 3.8) is 0 Å². The van der Waals surface area contributed by atoms with Crippen LogP contribution in [0.25, 0.3) is 10.8 Å². The van der Waals surface area contributed by atoms with Gasteiger partial charge in [-0.2, -0.15) is 0 Å². The number of nitrogens with zero attached hydrogens (tertiary/aromatic N) is 3. The molecule has 0 aliphatic heterocycles. The Morgan fingerprint density at radius 2 is 1.82 bits per heavy atom. The van der Waals surface area contributed by atoms with Gasteiger partial charge in [0.1, 0.15) is 18.0 Å². The molecule has 4 heteroatoms. The van der Waals surface area contributed by atoms with Gasteiger partial charge in [0, 0.05) is 17.8 Å². The van der Waals surface area contributed by atoms with Crippen LogP contribution in [0, 0.1) is 0 Å². The molecule has 0 spiro atoms. The smallest absolute Gasteiger partial charge is 0.139 e. The predicted molar refractivity (Wildman–Crippen MR) is 67.1 cm³/mol. The maximum Gasteiger partial charge on any atom is 0.139 e. The zero-order valence-electron chi connectivity index (χ0n) is 9.04. The monoisotopic (exact) mass is 222 g/mol. The molecule has 0 unspecified atom stereocenters. The second-order valence-corrected chi connectivity index (χ2v) is 3.60. The Morgan fingerprint density at radius 1 is 0.882 bits per heavy atom. The van der Waals surface area contributed by atoms with Crippen LogP contribution >= 0.6 is 0 Å². The molecule has 2 heterocycles. The zero-order chi connectivity index (χ0) is 11.5. The number of anilines is 2. The Bertz CT molecular complexity index is 632. The molecule has 0 saturated heterocycles. The van der Waals surface area contributed by atoms with Crippen LogP contribution in [0.3, 0.4) is 0 Å². The summed E-state index contributed by atoms with van der Waals surface area (Å²) in [6.07, 6.45) is 4.99. The van der Waals surface area contributed by atoms with Gasteiger partial charge < -0.3 is 5.32 Å². The molecule has 1 N–H and O–H groups in total. The maximum absolute atomic E-state index is 4.33. The van der Waals surface area contributed by atoms with Gasteiger partial charge in [0.05, 0.1) is 0 Å². The standard InChI is InChI=1S/C13H10N4/c1-2-4-11-10(3-1)5-8-15-13(11)17-12-6-7-14-9-16-12/h1-9H,(H,14,15,16,17). The molecule has 82 valence electrons. The summed E-state index contributed by atoms with van der Waals surface area (Å²) in [5.41, 5.74) is 0. The second-order valence-electron chi connectivity index (χ2n) is 3.60. The Kier molecular flexibility index (Phi) is 2.38.